The normalized spacial score (nSPS) is 16.6. The van der Waals surface area contributed by atoms with Crippen LogP contribution in [0.5, 0.6) is 11.5 Å². The minimum Gasteiger partial charge on any atom is -0.457 e. The van der Waals surface area contributed by atoms with Crippen LogP contribution >= 0.6 is 0 Å². The summed E-state index contributed by atoms with van der Waals surface area (Å²) >= 11 is 0. The monoisotopic (exact) mass is 283 g/mol. The van der Waals surface area contributed by atoms with Gasteiger partial charge in [0.25, 0.3) is 0 Å². The smallest absolute Gasteiger partial charge is 0.129 e. The molecule has 3 nitrogen and oxygen atoms in total. The summed E-state index contributed by atoms with van der Waals surface area (Å²) in [6, 6.07) is 17.6. The molecule has 0 amide bonds. The van der Waals surface area contributed by atoms with E-state index in [0.717, 1.165) is 42.9 Å². The maximum atomic E-state index is 10.4. The lowest BCUT2D eigenvalue weighted by Crippen LogP contribution is -2.33. The second-order valence-electron chi connectivity index (χ2n) is 5.73. The Morgan fingerprint density at radius 3 is 2.43 bits per heavy atom. The average Bonchev–Trinajstić information content (AvgIpc) is 2.94. The summed E-state index contributed by atoms with van der Waals surface area (Å²) in [6.45, 7) is 0.599. The maximum absolute atomic E-state index is 10.4. The highest BCUT2D eigenvalue weighted by Crippen LogP contribution is 2.30. The third kappa shape index (κ3) is 3.76. The second-order valence-corrected chi connectivity index (χ2v) is 5.73. The molecule has 110 valence electrons. The molecular weight excluding hydrogens is 262 g/mol. The minimum atomic E-state index is -0.545. The van der Waals surface area contributed by atoms with Gasteiger partial charge in [0.05, 0.1) is 5.60 Å². The molecule has 1 aliphatic carbocycles. The molecule has 0 spiro atoms. The fraction of sp³-hybridized carbons (Fsp3) is 0.333. The Balaban J connectivity index is 1.63. The van der Waals surface area contributed by atoms with Crippen molar-refractivity contribution in [2.45, 2.75) is 31.3 Å². The first-order valence-electron chi connectivity index (χ1n) is 7.53. The number of nitrogens with one attached hydrogen (secondary N) is 1. The lowest BCUT2D eigenvalue weighted by Gasteiger charge is -2.23. The molecule has 0 aliphatic heterocycles. The van der Waals surface area contributed by atoms with E-state index in [1.165, 1.54) is 0 Å². The van der Waals surface area contributed by atoms with Gasteiger partial charge in [0.1, 0.15) is 11.5 Å². The van der Waals surface area contributed by atoms with Gasteiger partial charge in [-0.15, -0.1) is 0 Å². The van der Waals surface area contributed by atoms with Gasteiger partial charge in [0.15, 0.2) is 0 Å². The number of ether oxygens (including phenoxy) is 1. The molecule has 2 N–H and O–H groups in total. The number of benzene rings is 2. The summed E-state index contributed by atoms with van der Waals surface area (Å²) in [5.74, 6) is 1.62. The highest BCUT2D eigenvalue weighted by molar-refractivity contribution is 5.49. The molecule has 1 saturated carbocycles. The molecular formula is C18H21NO2. The Kier molecular flexibility index (Phi) is 4.11. The van der Waals surface area contributed by atoms with Gasteiger partial charge >= 0.3 is 0 Å². The fourth-order valence-electron chi connectivity index (χ4n) is 2.77. The summed E-state index contributed by atoms with van der Waals surface area (Å²) in [7, 11) is 0. The van der Waals surface area contributed by atoms with Crippen LogP contribution < -0.4 is 10.1 Å². The van der Waals surface area contributed by atoms with Crippen LogP contribution in [-0.4, -0.2) is 17.3 Å². The zero-order chi connectivity index (χ0) is 14.5. The van der Waals surface area contributed by atoms with Crippen LogP contribution in [0.1, 0.15) is 25.7 Å². The van der Waals surface area contributed by atoms with E-state index in [0.29, 0.717) is 6.54 Å². The first-order valence-corrected chi connectivity index (χ1v) is 7.53. The quantitative estimate of drug-likeness (QED) is 0.864. The molecule has 3 heteroatoms. The predicted octanol–water partition coefficient (Wildman–Crippen LogP) is 4.20. The van der Waals surface area contributed by atoms with Crippen LogP contribution in [0, 0.1) is 0 Å². The molecule has 0 heterocycles. The molecule has 0 saturated heterocycles. The summed E-state index contributed by atoms with van der Waals surface area (Å²) in [4.78, 5) is 0. The fourth-order valence-corrected chi connectivity index (χ4v) is 2.77. The van der Waals surface area contributed by atoms with Gasteiger partial charge in [-0.25, -0.2) is 0 Å². The van der Waals surface area contributed by atoms with Gasteiger partial charge in [-0.2, -0.15) is 0 Å². The lowest BCUT2D eigenvalue weighted by atomic mass is 10.0. The van der Waals surface area contributed by atoms with Gasteiger partial charge in [-0.05, 0) is 37.1 Å². The first-order chi connectivity index (χ1) is 10.2. The molecule has 0 atom stereocenters. The number of hydrogen-bond acceptors (Lipinski definition) is 3. The van der Waals surface area contributed by atoms with E-state index in [2.05, 4.69) is 5.32 Å². The van der Waals surface area contributed by atoms with Crippen molar-refractivity contribution in [1.29, 1.82) is 0 Å². The van der Waals surface area contributed by atoms with Gasteiger partial charge in [0, 0.05) is 18.3 Å². The molecule has 21 heavy (non-hydrogen) atoms. The molecule has 2 aromatic carbocycles. The molecule has 3 rings (SSSR count). The van der Waals surface area contributed by atoms with E-state index < -0.39 is 5.60 Å². The maximum Gasteiger partial charge on any atom is 0.129 e. The van der Waals surface area contributed by atoms with E-state index in [4.69, 9.17) is 4.74 Å². The summed E-state index contributed by atoms with van der Waals surface area (Å²) in [5, 5.41) is 13.7. The zero-order valence-electron chi connectivity index (χ0n) is 12.1. The first kappa shape index (κ1) is 14.0. The number of hydrogen-bond donors (Lipinski definition) is 2. The Labute approximate surface area is 125 Å². The zero-order valence-corrected chi connectivity index (χ0v) is 12.1. The summed E-state index contributed by atoms with van der Waals surface area (Å²) in [5.41, 5.74) is 0.430. The number of rotatable bonds is 5. The van der Waals surface area contributed by atoms with Crippen LogP contribution in [0.2, 0.25) is 0 Å². The van der Waals surface area contributed by atoms with Crippen molar-refractivity contribution in [1.82, 2.24) is 0 Å². The number of anilines is 1. The van der Waals surface area contributed by atoms with Crippen molar-refractivity contribution in [3.8, 4) is 11.5 Å². The lowest BCUT2D eigenvalue weighted by molar-refractivity contribution is 0.0615. The van der Waals surface area contributed by atoms with Crippen molar-refractivity contribution in [3.05, 3.63) is 54.6 Å². The number of aliphatic hydroxyl groups is 1. The highest BCUT2D eigenvalue weighted by Gasteiger charge is 2.30. The van der Waals surface area contributed by atoms with Crippen LogP contribution in [-0.2, 0) is 0 Å². The predicted molar refractivity (Wildman–Crippen MR) is 84.9 cm³/mol. The van der Waals surface area contributed by atoms with E-state index in [9.17, 15) is 5.11 Å². The van der Waals surface area contributed by atoms with Crippen molar-refractivity contribution in [3.63, 3.8) is 0 Å². The standard InChI is InChI=1S/C18H21NO2/c20-18(11-4-5-12-18)14-19-15-7-6-10-17(13-15)21-16-8-2-1-3-9-16/h1-3,6-10,13,19-20H,4-5,11-12,14H2. The topological polar surface area (TPSA) is 41.5 Å². The third-order valence-corrected chi connectivity index (χ3v) is 3.97. The van der Waals surface area contributed by atoms with Gasteiger partial charge < -0.3 is 15.2 Å². The van der Waals surface area contributed by atoms with Crippen molar-refractivity contribution in [2.24, 2.45) is 0 Å². The molecule has 0 unspecified atom stereocenters. The SMILES string of the molecule is OC1(CNc2cccc(Oc3ccccc3)c2)CCCC1. The molecule has 0 bridgehead atoms. The minimum absolute atomic E-state index is 0.545. The Bertz CT molecular complexity index is 577. The van der Waals surface area contributed by atoms with E-state index in [1.54, 1.807) is 0 Å². The van der Waals surface area contributed by atoms with Gasteiger partial charge in [-0.3, -0.25) is 0 Å². The molecule has 1 fully saturated rings. The van der Waals surface area contributed by atoms with Gasteiger partial charge in [0.2, 0.25) is 0 Å². The summed E-state index contributed by atoms with van der Waals surface area (Å²) in [6.07, 6.45) is 4.02. The van der Waals surface area contributed by atoms with E-state index in [-0.39, 0.29) is 0 Å². The number of para-hydroxylation sites is 1. The van der Waals surface area contributed by atoms with Crippen molar-refractivity contribution >= 4 is 5.69 Å². The van der Waals surface area contributed by atoms with Crippen molar-refractivity contribution in [2.75, 3.05) is 11.9 Å². The second kappa shape index (κ2) is 6.19. The van der Waals surface area contributed by atoms with Gasteiger partial charge in [-0.1, -0.05) is 37.1 Å². The van der Waals surface area contributed by atoms with E-state index >= 15 is 0 Å². The molecule has 1 aliphatic rings. The van der Waals surface area contributed by atoms with Crippen LogP contribution in [0.15, 0.2) is 54.6 Å². The summed E-state index contributed by atoms with van der Waals surface area (Å²) < 4.78 is 5.81. The largest absolute Gasteiger partial charge is 0.457 e. The van der Waals surface area contributed by atoms with E-state index in [1.807, 2.05) is 54.6 Å². The van der Waals surface area contributed by atoms with Crippen LogP contribution in [0.4, 0.5) is 5.69 Å². The Morgan fingerprint density at radius 2 is 1.67 bits per heavy atom. The van der Waals surface area contributed by atoms with Crippen LogP contribution in [0.3, 0.4) is 0 Å². The average molecular weight is 283 g/mol. The van der Waals surface area contributed by atoms with Crippen molar-refractivity contribution < 1.29 is 9.84 Å². The van der Waals surface area contributed by atoms with Crippen LogP contribution in [0.25, 0.3) is 0 Å². The Morgan fingerprint density at radius 1 is 0.952 bits per heavy atom. The molecule has 0 radical (unpaired) electrons. The highest BCUT2D eigenvalue weighted by atomic mass is 16.5. The Hall–Kier alpha value is -2.00. The third-order valence-electron chi connectivity index (χ3n) is 3.97. The molecule has 2 aromatic rings. The molecule has 0 aromatic heterocycles.